The molecule has 9 heteroatoms. The summed E-state index contributed by atoms with van der Waals surface area (Å²) in [6.07, 6.45) is 8.96. The molecule has 1 saturated heterocycles. The fourth-order valence-corrected chi connectivity index (χ4v) is 6.45. The second-order valence-corrected chi connectivity index (χ2v) is 10.6. The molecule has 1 aliphatic carbocycles. The first-order valence-electron chi connectivity index (χ1n) is 12.0. The molecule has 2 aliphatic rings. The van der Waals surface area contributed by atoms with Crippen LogP contribution in [-0.2, 0) is 19.6 Å². The molecule has 0 atom stereocenters. The Hall–Kier alpha value is -2.13. The van der Waals surface area contributed by atoms with Crippen LogP contribution in [0.3, 0.4) is 0 Å². The van der Waals surface area contributed by atoms with E-state index in [-0.39, 0.29) is 34.8 Å². The van der Waals surface area contributed by atoms with Crippen LogP contribution >= 0.6 is 0 Å². The molecule has 184 valence electrons. The fourth-order valence-electron chi connectivity index (χ4n) is 4.75. The van der Waals surface area contributed by atoms with Gasteiger partial charge in [-0.05, 0) is 50.8 Å². The van der Waals surface area contributed by atoms with Crippen molar-refractivity contribution >= 4 is 21.9 Å². The summed E-state index contributed by atoms with van der Waals surface area (Å²) in [5.74, 6) is -0.761. The molecule has 2 fully saturated rings. The number of sulfonamides is 1. The van der Waals surface area contributed by atoms with Crippen LogP contribution in [0.2, 0.25) is 0 Å². The highest BCUT2D eigenvalue weighted by atomic mass is 32.2. The van der Waals surface area contributed by atoms with Gasteiger partial charge in [-0.25, -0.2) is 13.2 Å². The molecule has 8 nitrogen and oxygen atoms in total. The van der Waals surface area contributed by atoms with Crippen LogP contribution < -0.4 is 4.74 Å². The normalized spacial score (nSPS) is 18.4. The van der Waals surface area contributed by atoms with Gasteiger partial charge in [0.15, 0.2) is 6.61 Å². The number of hydrogen-bond donors (Lipinski definition) is 0. The van der Waals surface area contributed by atoms with Gasteiger partial charge in [-0.2, -0.15) is 4.31 Å². The molecule has 1 aliphatic heterocycles. The zero-order valence-electron chi connectivity index (χ0n) is 19.8. The van der Waals surface area contributed by atoms with Crippen LogP contribution in [0.15, 0.2) is 23.1 Å². The summed E-state index contributed by atoms with van der Waals surface area (Å²) >= 11 is 0. The number of carbonyl (C=O) groups is 2. The Morgan fingerprint density at radius 1 is 1.03 bits per heavy atom. The average Bonchev–Trinajstić information content (AvgIpc) is 3.13. The highest BCUT2D eigenvalue weighted by Gasteiger charge is 2.30. The lowest BCUT2D eigenvalue weighted by Crippen LogP contribution is -2.43. The predicted molar refractivity (Wildman–Crippen MR) is 125 cm³/mol. The van der Waals surface area contributed by atoms with Gasteiger partial charge >= 0.3 is 5.97 Å². The summed E-state index contributed by atoms with van der Waals surface area (Å²) in [4.78, 5) is 27.1. The molecule has 0 N–H and O–H groups in total. The third-order valence-electron chi connectivity index (χ3n) is 6.59. The molecular weight excluding hydrogens is 444 g/mol. The third-order valence-corrected chi connectivity index (χ3v) is 8.51. The number of carbonyl (C=O) groups excluding carboxylic acids is 2. The van der Waals surface area contributed by atoms with Crippen molar-refractivity contribution in [1.82, 2.24) is 9.21 Å². The summed E-state index contributed by atoms with van der Waals surface area (Å²) < 4.78 is 38.6. The van der Waals surface area contributed by atoms with E-state index in [1.807, 2.05) is 6.92 Å². The third kappa shape index (κ3) is 6.26. The maximum Gasteiger partial charge on any atom is 0.338 e. The minimum atomic E-state index is -3.82. The number of nitrogens with zero attached hydrogens (tertiary/aromatic N) is 2. The summed E-state index contributed by atoms with van der Waals surface area (Å²) in [5, 5.41) is 0. The van der Waals surface area contributed by atoms with Gasteiger partial charge in [-0.3, -0.25) is 4.79 Å². The van der Waals surface area contributed by atoms with E-state index in [4.69, 9.17) is 9.47 Å². The van der Waals surface area contributed by atoms with Crippen molar-refractivity contribution in [1.29, 1.82) is 0 Å². The van der Waals surface area contributed by atoms with E-state index in [0.717, 1.165) is 51.4 Å². The van der Waals surface area contributed by atoms with Crippen molar-refractivity contribution in [3.8, 4) is 5.75 Å². The molecule has 33 heavy (non-hydrogen) atoms. The monoisotopic (exact) mass is 480 g/mol. The first-order valence-corrected chi connectivity index (χ1v) is 13.5. The SMILES string of the molecule is CCN(C(=O)COC(=O)c1ccc(OC)c(S(=O)(=O)N2CCCCCC2)c1)C1CCCCC1. The number of esters is 1. The van der Waals surface area contributed by atoms with Gasteiger partial charge < -0.3 is 14.4 Å². The topological polar surface area (TPSA) is 93.2 Å². The Labute approximate surface area is 197 Å². The van der Waals surface area contributed by atoms with E-state index < -0.39 is 16.0 Å². The number of likely N-dealkylation sites (N-methyl/N-ethyl adjacent to an activating group) is 1. The van der Waals surface area contributed by atoms with E-state index in [1.165, 1.54) is 36.0 Å². The molecule has 0 aromatic heterocycles. The predicted octanol–water partition coefficient (Wildman–Crippen LogP) is 3.60. The van der Waals surface area contributed by atoms with Crippen molar-refractivity contribution in [2.45, 2.75) is 75.6 Å². The molecule has 1 aromatic rings. The van der Waals surface area contributed by atoms with Gasteiger partial charge in [0, 0.05) is 25.7 Å². The number of benzene rings is 1. The summed E-state index contributed by atoms with van der Waals surface area (Å²) in [7, 11) is -2.42. The van der Waals surface area contributed by atoms with Gasteiger partial charge in [-0.15, -0.1) is 0 Å². The van der Waals surface area contributed by atoms with Crippen LogP contribution in [0, 0.1) is 0 Å². The lowest BCUT2D eigenvalue weighted by atomic mass is 9.94. The van der Waals surface area contributed by atoms with Crippen LogP contribution in [0.25, 0.3) is 0 Å². The standard InChI is InChI=1S/C24H36N2O6S/c1-3-26(20-11-7-6-8-12-20)23(27)18-32-24(28)19-13-14-21(31-2)22(17-19)33(29,30)25-15-9-4-5-10-16-25/h13-14,17,20H,3-12,15-16,18H2,1-2H3. The van der Waals surface area contributed by atoms with Crippen molar-refractivity contribution < 1.29 is 27.5 Å². The number of rotatable bonds is 8. The molecule has 0 unspecified atom stereocenters. The van der Waals surface area contributed by atoms with Crippen LogP contribution in [0.4, 0.5) is 0 Å². The smallest absolute Gasteiger partial charge is 0.338 e. The summed E-state index contributed by atoms with van der Waals surface area (Å²) in [6.45, 7) is 3.04. The largest absolute Gasteiger partial charge is 0.495 e. The molecule has 0 spiro atoms. The fraction of sp³-hybridized carbons (Fsp3) is 0.667. The molecule has 1 amide bonds. The molecule has 1 aromatic carbocycles. The van der Waals surface area contributed by atoms with E-state index in [0.29, 0.717) is 19.6 Å². The maximum absolute atomic E-state index is 13.3. The zero-order valence-corrected chi connectivity index (χ0v) is 20.6. The lowest BCUT2D eigenvalue weighted by molar-refractivity contribution is -0.137. The van der Waals surface area contributed by atoms with Crippen molar-refractivity contribution in [3.63, 3.8) is 0 Å². The second kappa shape index (κ2) is 11.8. The van der Waals surface area contributed by atoms with Gasteiger partial charge in [0.1, 0.15) is 10.6 Å². The first kappa shape index (κ1) is 25.5. The Bertz CT molecular complexity index is 919. The van der Waals surface area contributed by atoms with Crippen LogP contribution in [0.1, 0.15) is 75.1 Å². The molecular formula is C24H36N2O6S. The minimum Gasteiger partial charge on any atom is -0.495 e. The van der Waals surface area contributed by atoms with Crippen molar-refractivity contribution in [2.24, 2.45) is 0 Å². The maximum atomic E-state index is 13.3. The highest BCUT2D eigenvalue weighted by Crippen LogP contribution is 2.30. The van der Waals surface area contributed by atoms with Crippen LogP contribution in [-0.4, -0.2) is 68.9 Å². The van der Waals surface area contributed by atoms with Gasteiger partial charge in [0.2, 0.25) is 10.0 Å². The summed E-state index contributed by atoms with van der Waals surface area (Å²) in [5.41, 5.74) is 0.0812. The van der Waals surface area contributed by atoms with E-state index in [2.05, 4.69) is 0 Å². The minimum absolute atomic E-state index is 0.0509. The molecule has 3 rings (SSSR count). The van der Waals surface area contributed by atoms with Crippen molar-refractivity contribution in [3.05, 3.63) is 23.8 Å². The number of amides is 1. The average molecular weight is 481 g/mol. The Balaban J connectivity index is 1.72. The number of hydrogen-bond acceptors (Lipinski definition) is 6. The number of methoxy groups -OCH3 is 1. The summed E-state index contributed by atoms with van der Waals surface area (Å²) in [6, 6.07) is 4.42. The van der Waals surface area contributed by atoms with Gasteiger partial charge in [-0.1, -0.05) is 32.1 Å². The quantitative estimate of drug-likeness (QED) is 0.528. The number of ether oxygens (including phenoxy) is 2. The molecule has 0 bridgehead atoms. The Morgan fingerprint density at radius 3 is 2.27 bits per heavy atom. The molecule has 0 radical (unpaired) electrons. The first-order chi connectivity index (χ1) is 15.9. The van der Waals surface area contributed by atoms with Crippen LogP contribution in [0.5, 0.6) is 5.75 Å². The van der Waals surface area contributed by atoms with E-state index in [9.17, 15) is 18.0 Å². The van der Waals surface area contributed by atoms with Gasteiger partial charge in [0.05, 0.1) is 12.7 Å². The van der Waals surface area contributed by atoms with Crippen molar-refractivity contribution in [2.75, 3.05) is 33.4 Å². The van der Waals surface area contributed by atoms with Gasteiger partial charge in [0.25, 0.3) is 5.91 Å². The molecule has 1 saturated carbocycles. The van der Waals surface area contributed by atoms with E-state index in [1.54, 1.807) is 4.90 Å². The Kier molecular flexibility index (Phi) is 9.14. The lowest BCUT2D eigenvalue weighted by Gasteiger charge is -2.33. The van der Waals surface area contributed by atoms with E-state index >= 15 is 0 Å². The Morgan fingerprint density at radius 2 is 1.67 bits per heavy atom. The second-order valence-electron chi connectivity index (χ2n) is 8.73. The zero-order chi connectivity index (χ0) is 23.8. The highest BCUT2D eigenvalue weighted by molar-refractivity contribution is 7.89. The molecule has 1 heterocycles.